The van der Waals surface area contributed by atoms with Crippen LogP contribution >= 0.6 is 23.5 Å². The fraction of sp³-hybridized carbons (Fsp3) is 0.714. The van der Waals surface area contributed by atoms with E-state index in [0.717, 1.165) is 6.42 Å². The first kappa shape index (κ1) is 13.2. The zero-order valence-electron chi connectivity index (χ0n) is 11.5. The average Bonchev–Trinajstić information content (AvgIpc) is 2.82. The predicted octanol–water partition coefficient (Wildman–Crippen LogP) is 4.29. The summed E-state index contributed by atoms with van der Waals surface area (Å²) in [6.07, 6.45) is 5.27. The SMILES string of the molecule is C=C1CC2C=C([Si](C)(C)C)OC2C12SCCCS2. The van der Waals surface area contributed by atoms with Crippen molar-refractivity contribution in [3.05, 3.63) is 23.6 Å². The van der Waals surface area contributed by atoms with Crippen molar-refractivity contribution in [2.24, 2.45) is 5.92 Å². The van der Waals surface area contributed by atoms with E-state index in [1.165, 1.54) is 28.9 Å². The first-order valence-corrected chi connectivity index (χ1v) is 12.3. The molecule has 2 heterocycles. The van der Waals surface area contributed by atoms with Gasteiger partial charge < -0.3 is 4.74 Å². The molecular formula is C14H22OS2Si. The van der Waals surface area contributed by atoms with Gasteiger partial charge in [-0.1, -0.05) is 26.2 Å². The highest BCUT2D eigenvalue weighted by molar-refractivity contribution is 8.19. The summed E-state index contributed by atoms with van der Waals surface area (Å²) in [5.74, 6) is 3.12. The van der Waals surface area contributed by atoms with Crippen LogP contribution in [0.15, 0.2) is 23.6 Å². The van der Waals surface area contributed by atoms with Crippen LogP contribution in [0.1, 0.15) is 12.8 Å². The van der Waals surface area contributed by atoms with Gasteiger partial charge in [0.25, 0.3) is 0 Å². The molecule has 1 aliphatic carbocycles. The van der Waals surface area contributed by atoms with Crippen molar-refractivity contribution in [2.45, 2.75) is 42.7 Å². The maximum absolute atomic E-state index is 6.43. The summed E-state index contributed by atoms with van der Waals surface area (Å²) in [5, 5.41) is 1.33. The summed E-state index contributed by atoms with van der Waals surface area (Å²) in [6.45, 7) is 11.5. The van der Waals surface area contributed by atoms with Crippen LogP contribution in [0, 0.1) is 5.92 Å². The van der Waals surface area contributed by atoms with Crippen LogP contribution in [0.2, 0.25) is 19.6 Å². The van der Waals surface area contributed by atoms with Gasteiger partial charge in [0, 0.05) is 5.92 Å². The molecule has 1 saturated heterocycles. The lowest BCUT2D eigenvalue weighted by Gasteiger charge is -2.38. The molecule has 0 amide bonds. The molecule has 3 aliphatic rings. The molecule has 100 valence electrons. The molecule has 2 atom stereocenters. The van der Waals surface area contributed by atoms with Gasteiger partial charge >= 0.3 is 0 Å². The van der Waals surface area contributed by atoms with E-state index >= 15 is 0 Å². The highest BCUT2D eigenvalue weighted by Crippen LogP contribution is 2.60. The molecule has 4 heteroatoms. The van der Waals surface area contributed by atoms with Gasteiger partial charge in [0.05, 0.1) is 5.38 Å². The van der Waals surface area contributed by atoms with Crippen molar-refractivity contribution in [1.29, 1.82) is 0 Å². The summed E-state index contributed by atoms with van der Waals surface area (Å²) in [6, 6.07) is 0. The van der Waals surface area contributed by atoms with Crippen molar-refractivity contribution in [3.8, 4) is 0 Å². The van der Waals surface area contributed by atoms with Gasteiger partial charge in [-0.2, -0.15) is 0 Å². The number of fused-ring (bicyclic) bond motifs is 2. The Kier molecular flexibility index (Phi) is 3.19. The van der Waals surface area contributed by atoms with Gasteiger partial charge in [-0.25, -0.2) is 0 Å². The van der Waals surface area contributed by atoms with Gasteiger partial charge in [-0.3, -0.25) is 0 Å². The molecule has 2 unspecified atom stereocenters. The van der Waals surface area contributed by atoms with E-state index < -0.39 is 8.07 Å². The third kappa shape index (κ3) is 1.91. The van der Waals surface area contributed by atoms with E-state index in [-0.39, 0.29) is 4.08 Å². The lowest BCUT2D eigenvalue weighted by molar-refractivity contribution is 0.141. The molecule has 18 heavy (non-hydrogen) atoms. The molecule has 0 aromatic heterocycles. The van der Waals surface area contributed by atoms with Crippen LogP contribution in [0.4, 0.5) is 0 Å². The summed E-state index contributed by atoms with van der Waals surface area (Å²) in [5.41, 5.74) is 1.41. The molecule has 3 rings (SSSR count). The quantitative estimate of drug-likeness (QED) is 0.528. The topological polar surface area (TPSA) is 9.23 Å². The lowest BCUT2D eigenvalue weighted by atomic mass is 10.1. The molecule has 0 aromatic carbocycles. The number of hydrogen-bond acceptors (Lipinski definition) is 3. The van der Waals surface area contributed by atoms with E-state index in [9.17, 15) is 0 Å². The molecule has 1 nitrogen and oxygen atoms in total. The third-order valence-electron chi connectivity index (χ3n) is 4.02. The van der Waals surface area contributed by atoms with Crippen LogP contribution in [0.3, 0.4) is 0 Å². The molecule has 0 radical (unpaired) electrons. The van der Waals surface area contributed by atoms with Gasteiger partial charge in [0.15, 0.2) is 0 Å². The Hall–Kier alpha value is 0.197. The second kappa shape index (κ2) is 4.35. The second-order valence-corrected chi connectivity index (χ2v) is 14.4. The smallest absolute Gasteiger partial charge is 0.132 e. The number of hydrogen-bond donors (Lipinski definition) is 0. The summed E-state index contributed by atoms with van der Waals surface area (Å²) in [4.78, 5) is 0. The molecule has 0 N–H and O–H groups in total. The van der Waals surface area contributed by atoms with Gasteiger partial charge in [0.2, 0.25) is 0 Å². The molecule has 1 spiro atoms. The summed E-state index contributed by atoms with van der Waals surface area (Å²) < 4.78 is 6.60. The number of ether oxygens (including phenoxy) is 1. The van der Waals surface area contributed by atoms with E-state index in [1.54, 1.807) is 0 Å². The Morgan fingerprint density at radius 3 is 2.61 bits per heavy atom. The van der Waals surface area contributed by atoms with E-state index in [2.05, 4.69) is 55.8 Å². The highest BCUT2D eigenvalue weighted by Gasteiger charge is 2.57. The fourth-order valence-corrected chi connectivity index (χ4v) is 7.79. The molecule has 2 fully saturated rings. The van der Waals surface area contributed by atoms with Crippen LogP contribution < -0.4 is 0 Å². The zero-order valence-corrected chi connectivity index (χ0v) is 14.1. The van der Waals surface area contributed by atoms with E-state index in [0.29, 0.717) is 12.0 Å². The minimum Gasteiger partial charge on any atom is -0.497 e. The Morgan fingerprint density at radius 1 is 1.33 bits per heavy atom. The second-order valence-electron chi connectivity index (χ2n) is 6.51. The maximum atomic E-state index is 6.43. The third-order valence-corrected chi connectivity index (χ3v) is 9.37. The number of rotatable bonds is 1. The van der Waals surface area contributed by atoms with Crippen molar-refractivity contribution < 1.29 is 4.74 Å². The minimum atomic E-state index is -1.30. The van der Waals surface area contributed by atoms with Gasteiger partial charge in [-0.05, 0) is 36.0 Å². The maximum Gasteiger partial charge on any atom is 0.132 e. The summed E-state index contributed by atoms with van der Waals surface area (Å²) in [7, 11) is -1.30. The van der Waals surface area contributed by atoms with Crippen molar-refractivity contribution in [1.82, 2.24) is 0 Å². The Bertz CT molecular complexity index is 405. The molecule has 0 aromatic rings. The molecule has 2 aliphatic heterocycles. The van der Waals surface area contributed by atoms with Crippen molar-refractivity contribution in [3.63, 3.8) is 0 Å². The molecule has 1 saturated carbocycles. The minimum absolute atomic E-state index is 0.167. The Morgan fingerprint density at radius 2 is 2.00 bits per heavy atom. The van der Waals surface area contributed by atoms with Crippen LogP contribution in [0.5, 0.6) is 0 Å². The lowest BCUT2D eigenvalue weighted by Crippen LogP contribution is -2.38. The summed E-state index contributed by atoms with van der Waals surface area (Å²) >= 11 is 4.18. The van der Waals surface area contributed by atoms with Gasteiger partial charge in [-0.15, -0.1) is 23.5 Å². The first-order valence-electron chi connectivity index (χ1n) is 6.78. The van der Waals surface area contributed by atoms with E-state index in [4.69, 9.17) is 4.74 Å². The first-order chi connectivity index (χ1) is 8.43. The van der Waals surface area contributed by atoms with Crippen LogP contribution in [-0.2, 0) is 4.74 Å². The van der Waals surface area contributed by atoms with Crippen LogP contribution in [-0.4, -0.2) is 29.8 Å². The molecule has 0 bridgehead atoms. The highest BCUT2D eigenvalue weighted by atomic mass is 32.2. The van der Waals surface area contributed by atoms with Crippen LogP contribution in [0.25, 0.3) is 0 Å². The normalized spacial score (nSPS) is 34.4. The number of thioether (sulfide) groups is 2. The Labute approximate surface area is 120 Å². The molecular weight excluding hydrogens is 276 g/mol. The van der Waals surface area contributed by atoms with Gasteiger partial charge in [0.1, 0.15) is 18.3 Å². The largest absolute Gasteiger partial charge is 0.497 e. The van der Waals surface area contributed by atoms with Crippen molar-refractivity contribution in [2.75, 3.05) is 11.5 Å². The standard InChI is InChI=1S/C14H22OS2Si/c1-10-8-11-9-12(18(2,3)4)15-13(11)14(10)16-6-5-7-17-14/h9,11,13H,1,5-8H2,2-4H3. The predicted molar refractivity (Wildman–Crippen MR) is 85.8 cm³/mol. The van der Waals surface area contributed by atoms with Crippen molar-refractivity contribution >= 4 is 31.6 Å². The Balaban J connectivity index is 1.88. The average molecular weight is 299 g/mol. The monoisotopic (exact) mass is 298 g/mol. The van der Waals surface area contributed by atoms with E-state index in [1.807, 2.05) is 0 Å². The fourth-order valence-electron chi connectivity index (χ4n) is 3.04. The zero-order chi connectivity index (χ0) is 13.0.